The van der Waals surface area contributed by atoms with Crippen LogP contribution >= 0.6 is 0 Å². The van der Waals surface area contributed by atoms with E-state index in [9.17, 15) is 0 Å². The summed E-state index contributed by atoms with van der Waals surface area (Å²) in [6.07, 6.45) is 2.10. The zero-order valence-corrected chi connectivity index (χ0v) is 12.8. The van der Waals surface area contributed by atoms with Crippen LogP contribution < -0.4 is 16.2 Å². The summed E-state index contributed by atoms with van der Waals surface area (Å²) >= 11 is 0. The first-order valence-corrected chi connectivity index (χ1v) is 7.17. The lowest BCUT2D eigenvalue weighted by atomic mass is 9.91. The number of hydrogen-bond donors (Lipinski definition) is 2. The minimum atomic E-state index is 0.422. The lowest BCUT2D eigenvalue weighted by molar-refractivity contribution is 0.337. The molecular weight excluding hydrogens is 236 g/mol. The predicted octanol–water partition coefficient (Wildman–Crippen LogP) is 2.48. The first kappa shape index (κ1) is 16.0. The normalized spacial score (nSPS) is 11.1. The van der Waals surface area contributed by atoms with Gasteiger partial charge >= 0.3 is 0 Å². The summed E-state index contributed by atoms with van der Waals surface area (Å²) in [5.41, 5.74) is 16.8. The molecule has 19 heavy (non-hydrogen) atoms. The van der Waals surface area contributed by atoms with Crippen molar-refractivity contribution in [2.75, 3.05) is 19.7 Å². The Hall–Kier alpha value is -1.06. The number of ether oxygens (including phenoxy) is 1. The van der Waals surface area contributed by atoms with Gasteiger partial charge < -0.3 is 16.2 Å². The maximum absolute atomic E-state index is 5.72. The van der Waals surface area contributed by atoms with Crippen molar-refractivity contribution in [3.63, 3.8) is 0 Å². The highest BCUT2D eigenvalue weighted by molar-refractivity contribution is 5.48. The van der Waals surface area contributed by atoms with Crippen molar-refractivity contribution in [3.05, 3.63) is 28.3 Å². The SMILES string of the molecule is CCOc1cc(C)c(CCC(CN)CN)c(C)c1C. The van der Waals surface area contributed by atoms with Crippen LogP contribution in [0.15, 0.2) is 6.07 Å². The summed E-state index contributed by atoms with van der Waals surface area (Å²) in [5.74, 6) is 1.43. The Bertz CT molecular complexity index is 412. The van der Waals surface area contributed by atoms with Crippen LogP contribution in [0.5, 0.6) is 5.75 Å². The maximum Gasteiger partial charge on any atom is 0.122 e. The second kappa shape index (κ2) is 7.51. The first-order chi connectivity index (χ1) is 9.04. The topological polar surface area (TPSA) is 61.3 Å². The quantitative estimate of drug-likeness (QED) is 0.795. The molecule has 0 fully saturated rings. The molecule has 0 unspecified atom stereocenters. The predicted molar refractivity (Wildman–Crippen MR) is 81.7 cm³/mol. The van der Waals surface area contributed by atoms with Crippen LogP contribution in [-0.4, -0.2) is 19.7 Å². The summed E-state index contributed by atoms with van der Waals surface area (Å²) in [7, 11) is 0. The van der Waals surface area contributed by atoms with Crippen molar-refractivity contribution in [2.45, 2.75) is 40.5 Å². The van der Waals surface area contributed by atoms with E-state index >= 15 is 0 Å². The van der Waals surface area contributed by atoms with Crippen LogP contribution in [0.25, 0.3) is 0 Å². The summed E-state index contributed by atoms with van der Waals surface area (Å²) in [6, 6.07) is 2.15. The molecule has 0 heterocycles. The third-order valence-corrected chi connectivity index (χ3v) is 3.98. The molecule has 0 aliphatic carbocycles. The molecule has 0 spiro atoms. The molecule has 0 amide bonds. The number of hydrogen-bond acceptors (Lipinski definition) is 3. The second-order valence-corrected chi connectivity index (χ2v) is 5.23. The van der Waals surface area contributed by atoms with E-state index in [1.807, 2.05) is 6.92 Å². The Balaban J connectivity index is 2.93. The highest BCUT2D eigenvalue weighted by atomic mass is 16.5. The van der Waals surface area contributed by atoms with E-state index < -0.39 is 0 Å². The highest BCUT2D eigenvalue weighted by Gasteiger charge is 2.12. The maximum atomic E-state index is 5.72. The number of nitrogens with two attached hydrogens (primary N) is 2. The lowest BCUT2D eigenvalue weighted by Crippen LogP contribution is -2.23. The van der Waals surface area contributed by atoms with Gasteiger partial charge in [0.2, 0.25) is 0 Å². The third-order valence-electron chi connectivity index (χ3n) is 3.98. The van der Waals surface area contributed by atoms with E-state index in [4.69, 9.17) is 16.2 Å². The third kappa shape index (κ3) is 3.95. The van der Waals surface area contributed by atoms with Gasteiger partial charge in [-0.3, -0.25) is 0 Å². The average Bonchev–Trinajstić information content (AvgIpc) is 2.40. The van der Waals surface area contributed by atoms with Crippen LogP contribution in [0.4, 0.5) is 0 Å². The van der Waals surface area contributed by atoms with Gasteiger partial charge in [-0.1, -0.05) is 0 Å². The van der Waals surface area contributed by atoms with Crippen molar-refractivity contribution >= 4 is 0 Å². The molecule has 0 atom stereocenters. The van der Waals surface area contributed by atoms with E-state index in [-0.39, 0.29) is 0 Å². The first-order valence-electron chi connectivity index (χ1n) is 7.17. The average molecular weight is 264 g/mol. The lowest BCUT2D eigenvalue weighted by Gasteiger charge is -2.18. The zero-order chi connectivity index (χ0) is 14.4. The fraction of sp³-hybridized carbons (Fsp3) is 0.625. The minimum absolute atomic E-state index is 0.422. The van der Waals surface area contributed by atoms with E-state index in [1.165, 1.54) is 22.3 Å². The Morgan fingerprint density at radius 1 is 1.11 bits per heavy atom. The summed E-state index contributed by atoms with van der Waals surface area (Å²) in [6.45, 7) is 10.5. The minimum Gasteiger partial charge on any atom is -0.494 e. The standard InChI is InChI=1S/C16H28N2O/c1-5-19-16-8-11(2)15(12(3)13(16)4)7-6-14(9-17)10-18/h8,14H,5-7,9-10,17-18H2,1-4H3. The molecule has 0 saturated carbocycles. The Morgan fingerprint density at radius 3 is 2.26 bits per heavy atom. The molecule has 1 rings (SSSR count). The molecule has 0 aliphatic rings. The largest absolute Gasteiger partial charge is 0.494 e. The van der Waals surface area contributed by atoms with Crippen molar-refractivity contribution in [3.8, 4) is 5.75 Å². The van der Waals surface area contributed by atoms with Gasteiger partial charge in [0.05, 0.1) is 6.61 Å². The molecule has 0 aromatic heterocycles. The Morgan fingerprint density at radius 2 is 1.74 bits per heavy atom. The Kier molecular flexibility index (Phi) is 6.32. The molecule has 1 aromatic rings. The van der Waals surface area contributed by atoms with Crippen LogP contribution in [0.2, 0.25) is 0 Å². The van der Waals surface area contributed by atoms with Gasteiger partial charge in [0.25, 0.3) is 0 Å². The highest BCUT2D eigenvalue weighted by Crippen LogP contribution is 2.29. The van der Waals surface area contributed by atoms with E-state index in [2.05, 4.69) is 26.8 Å². The second-order valence-electron chi connectivity index (χ2n) is 5.23. The van der Waals surface area contributed by atoms with Gasteiger partial charge in [-0.05, 0) is 87.9 Å². The van der Waals surface area contributed by atoms with Gasteiger partial charge in [0, 0.05) is 0 Å². The summed E-state index contributed by atoms with van der Waals surface area (Å²) < 4.78 is 5.68. The van der Waals surface area contributed by atoms with Gasteiger partial charge in [-0.15, -0.1) is 0 Å². The molecular formula is C16H28N2O. The monoisotopic (exact) mass is 264 g/mol. The summed E-state index contributed by atoms with van der Waals surface area (Å²) in [4.78, 5) is 0. The van der Waals surface area contributed by atoms with Gasteiger partial charge in [0.15, 0.2) is 0 Å². The molecule has 3 nitrogen and oxygen atoms in total. The number of benzene rings is 1. The van der Waals surface area contributed by atoms with Crippen LogP contribution in [-0.2, 0) is 6.42 Å². The number of aryl methyl sites for hydroxylation is 1. The smallest absolute Gasteiger partial charge is 0.122 e. The van der Waals surface area contributed by atoms with E-state index in [0.29, 0.717) is 25.6 Å². The van der Waals surface area contributed by atoms with Gasteiger partial charge in [-0.25, -0.2) is 0 Å². The van der Waals surface area contributed by atoms with Crippen LogP contribution in [0.3, 0.4) is 0 Å². The fourth-order valence-corrected chi connectivity index (χ4v) is 2.47. The summed E-state index contributed by atoms with van der Waals surface area (Å²) in [5, 5.41) is 0. The molecule has 0 radical (unpaired) electrons. The van der Waals surface area contributed by atoms with Crippen LogP contribution in [0, 0.1) is 26.7 Å². The molecule has 3 heteroatoms. The van der Waals surface area contributed by atoms with Crippen molar-refractivity contribution in [1.82, 2.24) is 0 Å². The fourth-order valence-electron chi connectivity index (χ4n) is 2.47. The molecule has 108 valence electrons. The molecule has 1 aromatic carbocycles. The zero-order valence-electron chi connectivity index (χ0n) is 12.8. The molecule has 4 N–H and O–H groups in total. The van der Waals surface area contributed by atoms with E-state index in [0.717, 1.165) is 18.6 Å². The Labute approximate surface area is 117 Å². The molecule has 0 saturated heterocycles. The molecule has 0 aliphatic heterocycles. The van der Waals surface area contributed by atoms with Gasteiger partial charge in [-0.2, -0.15) is 0 Å². The van der Waals surface area contributed by atoms with Crippen molar-refractivity contribution in [2.24, 2.45) is 17.4 Å². The molecule has 0 bridgehead atoms. The van der Waals surface area contributed by atoms with Crippen LogP contribution in [0.1, 0.15) is 35.6 Å². The van der Waals surface area contributed by atoms with Gasteiger partial charge in [0.1, 0.15) is 5.75 Å². The number of rotatable bonds is 7. The van der Waals surface area contributed by atoms with E-state index in [1.54, 1.807) is 0 Å². The van der Waals surface area contributed by atoms with Crippen molar-refractivity contribution < 1.29 is 4.74 Å². The van der Waals surface area contributed by atoms with Crippen molar-refractivity contribution in [1.29, 1.82) is 0 Å².